The molecule has 4 rings (SSSR count). The number of aromatic nitrogens is 1. The molecule has 144 valence electrons. The Hall–Kier alpha value is -2.38. The van der Waals surface area contributed by atoms with Crippen molar-refractivity contribution in [2.45, 2.75) is 6.42 Å². The molecule has 2 aromatic heterocycles. The summed E-state index contributed by atoms with van der Waals surface area (Å²) in [6, 6.07) is 11.9. The van der Waals surface area contributed by atoms with Gasteiger partial charge in [0, 0.05) is 54.2 Å². The first-order chi connectivity index (χ1) is 13.6. The molecule has 5 nitrogen and oxygen atoms in total. The van der Waals surface area contributed by atoms with Crippen LogP contribution in [0.1, 0.15) is 10.4 Å². The van der Waals surface area contributed by atoms with Crippen molar-refractivity contribution in [2.24, 2.45) is 0 Å². The van der Waals surface area contributed by atoms with Crippen LogP contribution in [0.25, 0.3) is 17.0 Å². The van der Waals surface area contributed by atoms with Gasteiger partial charge in [-0.15, -0.1) is 11.3 Å². The molecule has 0 atom stereocenters. The highest BCUT2D eigenvalue weighted by atomic mass is 79.9. The highest BCUT2D eigenvalue weighted by molar-refractivity contribution is 9.11. The molecule has 1 aliphatic heterocycles. The third-order valence-electron chi connectivity index (χ3n) is 4.94. The van der Waals surface area contributed by atoms with E-state index in [2.05, 4.69) is 20.9 Å². The summed E-state index contributed by atoms with van der Waals surface area (Å²) in [5.74, 6) is 0.101. The largest absolute Gasteiger partial charge is 0.361 e. The summed E-state index contributed by atoms with van der Waals surface area (Å²) in [4.78, 5) is 33.0. The van der Waals surface area contributed by atoms with E-state index in [9.17, 15) is 9.59 Å². The summed E-state index contributed by atoms with van der Waals surface area (Å²) in [5, 5.41) is 1.09. The second-order valence-corrected chi connectivity index (χ2v) is 9.21. The van der Waals surface area contributed by atoms with Crippen LogP contribution in [-0.2, 0) is 16.0 Å². The molecule has 1 saturated heterocycles. The van der Waals surface area contributed by atoms with E-state index in [1.807, 2.05) is 53.6 Å². The predicted octanol–water partition coefficient (Wildman–Crippen LogP) is 3.92. The number of hydrogen-bond donors (Lipinski definition) is 1. The molecule has 3 aromatic rings. The van der Waals surface area contributed by atoms with Gasteiger partial charge in [-0.05, 0) is 45.8 Å². The maximum atomic E-state index is 12.7. The number of nitrogens with one attached hydrogen (secondary N) is 1. The first-order valence-electron chi connectivity index (χ1n) is 9.15. The number of hydrogen-bond acceptors (Lipinski definition) is 3. The van der Waals surface area contributed by atoms with Crippen molar-refractivity contribution in [3.8, 4) is 0 Å². The number of aromatic amines is 1. The Balaban J connectivity index is 1.31. The maximum absolute atomic E-state index is 12.7. The highest BCUT2D eigenvalue weighted by Gasteiger charge is 2.23. The molecular formula is C21H20BrN3O2S. The molecule has 0 bridgehead atoms. The summed E-state index contributed by atoms with van der Waals surface area (Å²) in [5.41, 5.74) is 2.06. The van der Waals surface area contributed by atoms with E-state index in [1.54, 1.807) is 22.3 Å². The van der Waals surface area contributed by atoms with Crippen molar-refractivity contribution in [3.05, 3.63) is 62.9 Å². The van der Waals surface area contributed by atoms with Crippen molar-refractivity contribution in [1.29, 1.82) is 0 Å². The number of carbonyl (C=O) groups excluding carboxylic acids is 2. The number of halogens is 1. The Morgan fingerprint density at radius 1 is 1.07 bits per heavy atom. The predicted molar refractivity (Wildman–Crippen MR) is 116 cm³/mol. The Kier molecular flexibility index (Phi) is 5.64. The van der Waals surface area contributed by atoms with Gasteiger partial charge in [0.2, 0.25) is 11.8 Å². The monoisotopic (exact) mass is 457 g/mol. The summed E-state index contributed by atoms with van der Waals surface area (Å²) in [6.45, 7) is 2.28. The van der Waals surface area contributed by atoms with Crippen LogP contribution in [0.2, 0.25) is 0 Å². The van der Waals surface area contributed by atoms with E-state index in [4.69, 9.17) is 0 Å². The van der Waals surface area contributed by atoms with Crippen molar-refractivity contribution in [1.82, 2.24) is 14.8 Å². The summed E-state index contributed by atoms with van der Waals surface area (Å²) in [6.07, 6.45) is 5.75. The molecule has 28 heavy (non-hydrogen) atoms. The van der Waals surface area contributed by atoms with Crippen LogP contribution in [0.3, 0.4) is 0 Å². The number of carbonyl (C=O) groups is 2. The molecular weight excluding hydrogens is 438 g/mol. The van der Waals surface area contributed by atoms with Crippen LogP contribution in [0.15, 0.2) is 52.5 Å². The normalized spacial score (nSPS) is 14.9. The molecule has 7 heteroatoms. The minimum absolute atomic E-state index is 0.00625. The number of rotatable bonds is 4. The second kappa shape index (κ2) is 8.32. The van der Waals surface area contributed by atoms with Crippen LogP contribution in [0.5, 0.6) is 0 Å². The highest BCUT2D eigenvalue weighted by Crippen LogP contribution is 2.23. The molecule has 0 spiro atoms. The lowest BCUT2D eigenvalue weighted by molar-refractivity contribution is -0.136. The molecule has 1 aliphatic rings. The van der Waals surface area contributed by atoms with Gasteiger partial charge < -0.3 is 14.8 Å². The van der Waals surface area contributed by atoms with E-state index in [0.29, 0.717) is 32.6 Å². The lowest BCUT2D eigenvalue weighted by Crippen LogP contribution is -2.50. The Bertz CT molecular complexity index is 1030. The molecule has 1 N–H and O–H groups in total. The van der Waals surface area contributed by atoms with Gasteiger partial charge in [-0.25, -0.2) is 0 Å². The summed E-state index contributed by atoms with van der Waals surface area (Å²) < 4.78 is 1.04. The Morgan fingerprint density at radius 2 is 1.82 bits per heavy atom. The standard InChI is InChI=1S/C21H20BrN3O2S/c22-19-7-5-16(28-19)6-8-20(26)24-9-11-25(12-10-24)21(27)13-15-14-23-18-4-2-1-3-17(15)18/h1-8,14,23H,9-13H2/b8-6+. The molecule has 1 aromatic carbocycles. The van der Waals surface area contributed by atoms with Crippen LogP contribution in [-0.4, -0.2) is 52.8 Å². The third kappa shape index (κ3) is 4.20. The van der Waals surface area contributed by atoms with E-state index in [1.165, 1.54) is 0 Å². The Morgan fingerprint density at radius 3 is 2.57 bits per heavy atom. The first-order valence-corrected chi connectivity index (χ1v) is 10.8. The van der Waals surface area contributed by atoms with E-state index in [-0.39, 0.29) is 11.8 Å². The van der Waals surface area contributed by atoms with Gasteiger partial charge in [-0.2, -0.15) is 0 Å². The number of thiophene rings is 1. The van der Waals surface area contributed by atoms with Crippen molar-refractivity contribution < 1.29 is 9.59 Å². The van der Waals surface area contributed by atoms with Gasteiger partial charge >= 0.3 is 0 Å². The molecule has 0 unspecified atom stereocenters. The van der Waals surface area contributed by atoms with Gasteiger partial charge in [0.25, 0.3) is 0 Å². The second-order valence-electron chi connectivity index (χ2n) is 6.72. The molecule has 0 aliphatic carbocycles. The van der Waals surface area contributed by atoms with Gasteiger partial charge in [-0.1, -0.05) is 18.2 Å². The van der Waals surface area contributed by atoms with E-state index >= 15 is 0 Å². The molecule has 1 fully saturated rings. The van der Waals surface area contributed by atoms with Crippen LogP contribution in [0, 0.1) is 0 Å². The first kappa shape index (κ1) is 19.0. The quantitative estimate of drug-likeness (QED) is 0.603. The van der Waals surface area contributed by atoms with Crippen LogP contribution >= 0.6 is 27.3 Å². The molecule has 3 heterocycles. The topological polar surface area (TPSA) is 56.4 Å². The van der Waals surface area contributed by atoms with Crippen molar-refractivity contribution in [2.75, 3.05) is 26.2 Å². The van der Waals surface area contributed by atoms with Gasteiger partial charge in [0.15, 0.2) is 0 Å². The number of para-hydroxylation sites is 1. The number of nitrogens with zero attached hydrogens (tertiary/aromatic N) is 2. The van der Waals surface area contributed by atoms with Crippen LogP contribution in [0.4, 0.5) is 0 Å². The lowest BCUT2D eigenvalue weighted by Gasteiger charge is -2.34. The van der Waals surface area contributed by atoms with Crippen LogP contribution < -0.4 is 0 Å². The third-order valence-corrected chi connectivity index (χ3v) is 6.53. The fraction of sp³-hybridized carbons (Fsp3) is 0.238. The zero-order valence-electron chi connectivity index (χ0n) is 15.2. The van der Waals surface area contributed by atoms with Gasteiger partial charge in [-0.3, -0.25) is 9.59 Å². The molecule has 2 amide bonds. The number of fused-ring (bicyclic) bond motifs is 1. The zero-order valence-corrected chi connectivity index (χ0v) is 17.6. The van der Waals surface area contributed by atoms with Gasteiger partial charge in [0.1, 0.15) is 0 Å². The smallest absolute Gasteiger partial charge is 0.246 e. The minimum atomic E-state index is -0.00625. The molecule has 0 radical (unpaired) electrons. The number of H-pyrrole nitrogens is 1. The average molecular weight is 458 g/mol. The lowest BCUT2D eigenvalue weighted by atomic mass is 10.1. The molecule has 0 saturated carbocycles. The summed E-state index contributed by atoms with van der Waals surface area (Å²) >= 11 is 5.01. The zero-order chi connectivity index (χ0) is 19.5. The number of amides is 2. The van der Waals surface area contributed by atoms with Crippen molar-refractivity contribution in [3.63, 3.8) is 0 Å². The maximum Gasteiger partial charge on any atom is 0.246 e. The summed E-state index contributed by atoms with van der Waals surface area (Å²) in [7, 11) is 0. The number of piperazine rings is 1. The fourth-order valence-corrected chi connectivity index (χ4v) is 4.73. The number of benzene rings is 1. The minimum Gasteiger partial charge on any atom is -0.361 e. The van der Waals surface area contributed by atoms with Gasteiger partial charge in [0.05, 0.1) is 10.2 Å². The Labute approximate surface area is 175 Å². The van der Waals surface area contributed by atoms with E-state index in [0.717, 1.165) is 25.1 Å². The average Bonchev–Trinajstić information content (AvgIpc) is 3.32. The van der Waals surface area contributed by atoms with Crippen molar-refractivity contribution >= 4 is 56.1 Å². The van der Waals surface area contributed by atoms with E-state index < -0.39 is 0 Å². The SMILES string of the molecule is O=C(/C=C/c1ccc(Br)s1)N1CCN(C(=O)Cc2c[nH]c3ccccc23)CC1. The fourth-order valence-electron chi connectivity index (χ4n) is 3.41.